The van der Waals surface area contributed by atoms with Crippen LogP contribution in [0.5, 0.6) is 5.75 Å². The third kappa shape index (κ3) is 3.33. The molecule has 0 unspecified atom stereocenters. The first-order valence-electron chi connectivity index (χ1n) is 9.59. The second-order valence-electron chi connectivity index (χ2n) is 7.02. The number of aromatic nitrogens is 3. The molecule has 7 nitrogen and oxygen atoms in total. The average molecular weight is 379 g/mol. The summed E-state index contributed by atoms with van der Waals surface area (Å²) < 4.78 is 6.96. The van der Waals surface area contributed by atoms with Gasteiger partial charge in [0.1, 0.15) is 5.75 Å². The predicted octanol–water partition coefficient (Wildman–Crippen LogP) is 2.42. The van der Waals surface area contributed by atoms with Gasteiger partial charge in [-0.3, -0.25) is 9.48 Å². The van der Waals surface area contributed by atoms with E-state index < -0.39 is 0 Å². The van der Waals surface area contributed by atoms with E-state index in [1.807, 2.05) is 42.3 Å². The number of carbonyl (C=O) groups excluding carboxylic acids is 1. The van der Waals surface area contributed by atoms with Gasteiger partial charge in [-0.25, -0.2) is 4.98 Å². The fraction of sp³-hybridized carbons (Fsp3) is 0.381. The monoisotopic (exact) mass is 379 g/mol. The summed E-state index contributed by atoms with van der Waals surface area (Å²) in [4.78, 5) is 22.4. The van der Waals surface area contributed by atoms with E-state index >= 15 is 0 Å². The lowest BCUT2D eigenvalue weighted by Gasteiger charge is -2.34. The van der Waals surface area contributed by atoms with Gasteiger partial charge in [0.05, 0.1) is 30.0 Å². The lowest BCUT2D eigenvalue weighted by atomic mass is 10.1. The topological polar surface area (TPSA) is 63.5 Å². The van der Waals surface area contributed by atoms with Crippen molar-refractivity contribution in [1.29, 1.82) is 0 Å². The molecule has 146 valence electrons. The molecule has 0 aliphatic carbocycles. The molecular formula is C21H25N5O2. The Hall–Kier alpha value is -2.93. The fourth-order valence-electron chi connectivity index (χ4n) is 3.64. The van der Waals surface area contributed by atoms with Crippen molar-refractivity contribution in [1.82, 2.24) is 24.6 Å². The summed E-state index contributed by atoms with van der Waals surface area (Å²) in [7, 11) is 3.49. The van der Waals surface area contributed by atoms with Gasteiger partial charge in [-0.15, -0.1) is 0 Å². The van der Waals surface area contributed by atoms with Crippen LogP contribution in [0.4, 0.5) is 0 Å². The first-order chi connectivity index (χ1) is 13.6. The SMILES string of the molecule is CCN1CCN(C(=O)c2cc(-c3ccc(OC)cc3)nc3c2cnn3C)CC1. The lowest BCUT2D eigenvalue weighted by molar-refractivity contribution is 0.0645. The molecule has 0 spiro atoms. The number of carbonyl (C=O) groups is 1. The van der Waals surface area contributed by atoms with Crippen molar-refractivity contribution in [3.8, 4) is 17.0 Å². The summed E-state index contributed by atoms with van der Waals surface area (Å²) in [6.45, 7) is 6.49. The molecule has 0 saturated carbocycles. The van der Waals surface area contributed by atoms with Gasteiger partial charge < -0.3 is 14.5 Å². The van der Waals surface area contributed by atoms with E-state index in [1.54, 1.807) is 18.0 Å². The lowest BCUT2D eigenvalue weighted by Crippen LogP contribution is -2.48. The van der Waals surface area contributed by atoms with Crippen molar-refractivity contribution in [3.63, 3.8) is 0 Å². The van der Waals surface area contributed by atoms with Crippen molar-refractivity contribution >= 4 is 16.9 Å². The number of pyridine rings is 1. The largest absolute Gasteiger partial charge is 0.497 e. The number of piperazine rings is 1. The number of hydrogen-bond acceptors (Lipinski definition) is 5. The van der Waals surface area contributed by atoms with Gasteiger partial charge in [-0.05, 0) is 36.9 Å². The molecule has 7 heteroatoms. The van der Waals surface area contributed by atoms with Crippen LogP contribution < -0.4 is 4.74 Å². The number of methoxy groups -OCH3 is 1. The molecule has 4 rings (SSSR count). The number of rotatable bonds is 4. The van der Waals surface area contributed by atoms with Crippen LogP contribution in [0.2, 0.25) is 0 Å². The zero-order valence-corrected chi connectivity index (χ0v) is 16.6. The highest BCUT2D eigenvalue weighted by molar-refractivity contribution is 6.06. The van der Waals surface area contributed by atoms with E-state index in [4.69, 9.17) is 9.72 Å². The van der Waals surface area contributed by atoms with Crippen LogP contribution in [0.3, 0.4) is 0 Å². The minimum atomic E-state index is 0.0471. The van der Waals surface area contributed by atoms with Gasteiger partial charge >= 0.3 is 0 Å². The molecule has 1 aliphatic rings. The van der Waals surface area contributed by atoms with E-state index in [0.717, 1.165) is 55.1 Å². The van der Waals surface area contributed by atoms with Crippen LogP contribution in [0.15, 0.2) is 36.5 Å². The number of hydrogen-bond donors (Lipinski definition) is 0. The van der Waals surface area contributed by atoms with Gasteiger partial charge in [-0.2, -0.15) is 5.10 Å². The molecule has 0 atom stereocenters. The number of benzene rings is 1. The number of ether oxygens (including phenoxy) is 1. The van der Waals surface area contributed by atoms with E-state index in [0.29, 0.717) is 11.2 Å². The standard InChI is InChI=1S/C21H25N5O2/c1-4-25-9-11-26(12-10-25)21(27)17-13-19(15-5-7-16(28-3)8-6-15)23-20-18(17)14-22-24(20)2/h5-8,13-14H,4,9-12H2,1-3H3. The number of likely N-dealkylation sites (N-methyl/N-ethyl adjacent to an activating group) is 1. The summed E-state index contributed by atoms with van der Waals surface area (Å²) in [5, 5.41) is 5.12. The van der Waals surface area contributed by atoms with Crippen molar-refractivity contribution in [2.24, 2.45) is 7.05 Å². The Morgan fingerprint density at radius 1 is 1.14 bits per heavy atom. The van der Waals surface area contributed by atoms with E-state index in [2.05, 4.69) is 16.9 Å². The van der Waals surface area contributed by atoms with Crippen molar-refractivity contribution in [3.05, 3.63) is 42.1 Å². The number of fused-ring (bicyclic) bond motifs is 1. The number of amides is 1. The normalized spacial score (nSPS) is 15.2. The Morgan fingerprint density at radius 2 is 1.86 bits per heavy atom. The van der Waals surface area contributed by atoms with Gasteiger partial charge in [-0.1, -0.05) is 6.92 Å². The van der Waals surface area contributed by atoms with Crippen LogP contribution in [-0.4, -0.2) is 70.3 Å². The molecular weight excluding hydrogens is 354 g/mol. The maximum absolute atomic E-state index is 13.3. The minimum absolute atomic E-state index is 0.0471. The third-order valence-corrected chi connectivity index (χ3v) is 5.43. The highest BCUT2D eigenvalue weighted by Crippen LogP contribution is 2.27. The molecule has 2 aromatic heterocycles. The van der Waals surface area contributed by atoms with Crippen molar-refractivity contribution in [2.75, 3.05) is 39.8 Å². The maximum atomic E-state index is 13.3. The highest BCUT2D eigenvalue weighted by atomic mass is 16.5. The minimum Gasteiger partial charge on any atom is -0.497 e. The zero-order chi connectivity index (χ0) is 19.7. The molecule has 0 radical (unpaired) electrons. The fourth-order valence-corrected chi connectivity index (χ4v) is 3.64. The Bertz CT molecular complexity index is 988. The summed E-state index contributed by atoms with van der Waals surface area (Å²) in [6.07, 6.45) is 1.73. The van der Waals surface area contributed by atoms with Gasteiger partial charge in [0.15, 0.2) is 5.65 Å². The molecule has 28 heavy (non-hydrogen) atoms. The Labute approximate surface area is 164 Å². The van der Waals surface area contributed by atoms with E-state index in [9.17, 15) is 4.79 Å². The zero-order valence-electron chi connectivity index (χ0n) is 16.6. The van der Waals surface area contributed by atoms with Crippen LogP contribution in [0.25, 0.3) is 22.3 Å². The summed E-state index contributed by atoms with van der Waals surface area (Å²) in [5.41, 5.74) is 3.07. The second-order valence-corrected chi connectivity index (χ2v) is 7.02. The third-order valence-electron chi connectivity index (χ3n) is 5.43. The average Bonchev–Trinajstić information content (AvgIpc) is 3.13. The van der Waals surface area contributed by atoms with Gasteiger partial charge in [0, 0.05) is 38.8 Å². The quantitative estimate of drug-likeness (QED) is 0.697. The van der Waals surface area contributed by atoms with Crippen molar-refractivity contribution < 1.29 is 9.53 Å². The molecule has 3 aromatic rings. The summed E-state index contributed by atoms with van der Waals surface area (Å²) >= 11 is 0. The van der Waals surface area contributed by atoms with E-state index in [1.165, 1.54) is 0 Å². The maximum Gasteiger partial charge on any atom is 0.254 e. The summed E-state index contributed by atoms with van der Waals surface area (Å²) in [5.74, 6) is 0.835. The molecule has 1 fully saturated rings. The predicted molar refractivity (Wildman–Crippen MR) is 109 cm³/mol. The van der Waals surface area contributed by atoms with Gasteiger partial charge in [0.25, 0.3) is 5.91 Å². The summed E-state index contributed by atoms with van der Waals surface area (Å²) in [6, 6.07) is 9.60. The van der Waals surface area contributed by atoms with Crippen molar-refractivity contribution in [2.45, 2.75) is 6.92 Å². The smallest absolute Gasteiger partial charge is 0.254 e. The Balaban J connectivity index is 1.73. The first-order valence-corrected chi connectivity index (χ1v) is 9.59. The molecule has 1 saturated heterocycles. The van der Waals surface area contributed by atoms with Gasteiger partial charge in [0.2, 0.25) is 0 Å². The molecule has 0 N–H and O–H groups in total. The number of aryl methyl sites for hydroxylation is 1. The second kappa shape index (κ2) is 7.59. The molecule has 0 bridgehead atoms. The molecule has 1 aliphatic heterocycles. The first kappa shape index (κ1) is 18.4. The van der Waals surface area contributed by atoms with Crippen LogP contribution >= 0.6 is 0 Å². The van der Waals surface area contributed by atoms with Crippen LogP contribution in [-0.2, 0) is 7.05 Å². The molecule has 3 heterocycles. The Morgan fingerprint density at radius 3 is 2.50 bits per heavy atom. The van der Waals surface area contributed by atoms with Crippen LogP contribution in [0, 0.1) is 0 Å². The number of nitrogens with zero attached hydrogens (tertiary/aromatic N) is 5. The molecule has 1 amide bonds. The highest BCUT2D eigenvalue weighted by Gasteiger charge is 2.24. The Kier molecular flexibility index (Phi) is 5.00. The van der Waals surface area contributed by atoms with E-state index in [-0.39, 0.29) is 5.91 Å². The molecule has 1 aromatic carbocycles. The van der Waals surface area contributed by atoms with Crippen LogP contribution in [0.1, 0.15) is 17.3 Å².